The molecule has 0 aromatic heterocycles. The summed E-state index contributed by atoms with van der Waals surface area (Å²) in [6, 6.07) is 52.1. The van der Waals surface area contributed by atoms with Gasteiger partial charge < -0.3 is 26.2 Å². The fourth-order valence-electron chi connectivity index (χ4n) is 5.15. The molecular formula is C36H29N5. The van der Waals surface area contributed by atoms with Gasteiger partial charge in [-0.15, -0.1) is 0 Å². The molecule has 0 fully saturated rings. The molecule has 5 heteroatoms. The zero-order chi connectivity index (χ0) is 27.4. The number of fused-ring (bicyclic) bond motifs is 2. The fraction of sp³-hybridized carbons (Fsp3) is 0. The van der Waals surface area contributed by atoms with Gasteiger partial charge in [0.2, 0.25) is 0 Å². The van der Waals surface area contributed by atoms with Crippen LogP contribution in [0.2, 0.25) is 0 Å². The van der Waals surface area contributed by atoms with Crippen LogP contribution in [0.15, 0.2) is 152 Å². The second-order valence-corrected chi connectivity index (χ2v) is 9.92. The predicted molar refractivity (Wildman–Crippen MR) is 174 cm³/mol. The Morgan fingerprint density at radius 3 is 1.46 bits per heavy atom. The molecule has 6 aromatic carbocycles. The second-order valence-electron chi connectivity index (χ2n) is 9.92. The Morgan fingerprint density at radius 2 is 0.878 bits per heavy atom. The minimum Gasteiger partial charge on any atom is -0.355 e. The van der Waals surface area contributed by atoms with Crippen molar-refractivity contribution < 1.29 is 0 Å². The summed E-state index contributed by atoms with van der Waals surface area (Å²) in [7, 11) is 0. The van der Waals surface area contributed by atoms with Gasteiger partial charge in [-0.1, -0.05) is 72.8 Å². The molecule has 0 spiro atoms. The molecule has 0 unspecified atom stereocenters. The molecule has 6 aromatic rings. The summed E-state index contributed by atoms with van der Waals surface area (Å²) >= 11 is 0. The Balaban J connectivity index is 1.36. The smallest absolute Gasteiger partial charge is 0.0719 e. The molecule has 198 valence electrons. The van der Waals surface area contributed by atoms with Crippen LogP contribution >= 0.6 is 0 Å². The van der Waals surface area contributed by atoms with E-state index in [0.29, 0.717) is 0 Å². The van der Waals surface area contributed by atoms with E-state index in [-0.39, 0.29) is 0 Å². The summed E-state index contributed by atoms with van der Waals surface area (Å²) in [5.74, 6) is 0. The van der Waals surface area contributed by atoms with E-state index in [2.05, 4.69) is 123 Å². The summed E-state index contributed by atoms with van der Waals surface area (Å²) in [4.78, 5) is 2.32. The molecule has 0 bridgehead atoms. The highest BCUT2D eigenvalue weighted by molar-refractivity contribution is 6.01. The van der Waals surface area contributed by atoms with E-state index in [9.17, 15) is 0 Å². The lowest BCUT2D eigenvalue weighted by Crippen LogP contribution is -2.18. The number of rotatable bonds is 7. The summed E-state index contributed by atoms with van der Waals surface area (Å²) in [6.45, 7) is 0. The van der Waals surface area contributed by atoms with Crippen LogP contribution in [0.25, 0.3) is 0 Å². The predicted octanol–water partition coefficient (Wildman–Crippen LogP) is 10.4. The van der Waals surface area contributed by atoms with Crippen LogP contribution < -0.4 is 26.2 Å². The lowest BCUT2D eigenvalue weighted by molar-refractivity contribution is 1.25. The van der Waals surface area contributed by atoms with Crippen molar-refractivity contribution in [2.75, 3.05) is 26.2 Å². The van der Waals surface area contributed by atoms with E-state index < -0.39 is 0 Å². The van der Waals surface area contributed by atoms with Crippen LogP contribution in [0, 0.1) is 0 Å². The third-order valence-corrected chi connectivity index (χ3v) is 7.07. The number of hydrogen-bond acceptors (Lipinski definition) is 5. The standard InChI is InChI=1S/C36H29N5/c1-5-13-26(14-6-1)37-29-21-22-31-35(23-29)41(30-19-11-4-12-20-30)36-25-33(39-28-17-9-3-10-18-28)32(24-34(36)40-31)38-27-15-7-2-8-16-27/h1-25,37-40H. The number of nitrogens with zero attached hydrogens (tertiary/aromatic N) is 1. The molecule has 0 amide bonds. The van der Waals surface area contributed by atoms with Crippen molar-refractivity contribution >= 4 is 62.6 Å². The first kappa shape index (κ1) is 24.4. The van der Waals surface area contributed by atoms with Crippen molar-refractivity contribution in [2.24, 2.45) is 0 Å². The molecule has 1 heterocycles. The monoisotopic (exact) mass is 531 g/mol. The van der Waals surface area contributed by atoms with Gasteiger partial charge in [-0.3, -0.25) is 0 Å². The third kappa shape index (κ3) is 5.16. The van der Waals surface area contributed by atoms with Crippen molar-refractivity contribution in [1.82, 2.24) is 0 Å². The van der Waals surface area contributed by atoms with E-state index >= 15 is 0 Å². The van der Waals surface area contributed by atoms with Gasteiger partial charge in [-0.2, -0.15) is 0 Å². The quantitative estimate of drug-likeness (QED) is 0.165. The summed E-state index contributed by atoms with van der Waals surface area (Å²) in [5.41, 5.74) is 11.3. The van der Waals surface area contributed by atoms with Gasteiger partial charge in [0, 0.05) is 28.4 Å². The molecule has 1 aliphatic rings. The molecule has 0 atom stereocenters. The maximum atomic E-state index is 3.71. The Kier molecular flexibility index (Phi) is 6.44. The van der Waals surface area contributed by atoms with Crippen LogP contribution in [0.5, 0.6) is 0 Å². The molecular weight excluding hydrogens is 502 g/mol. The van der Waals surface area contributed by atoms with Gasteiger partial charge >= 0.3 is 0 Å². The van der Waals surface area contributed by atoms with Gasteiger partial charge in [0.1, 0.15) is 0 Å². The number of benzene rings is 6. The van der Waals surface area contributed by atoms with Crippen LogP contribution in [0.3, 0.4) is 0 Å². The molecule has 5 nitrogen and oxygen atoms in total. The maximum Gasteiger partial charge on any atom is 0.0719 e. The lowest BCUT2D eigenvalue weighted by Gasteiger charge is -2.35. The Bertz CT molecular complexity index is 1770. The topological polar surface area (TPSA) is 51.4 Å². The maximum absolute atomic E-state index is 3.71. The summed E-state index contributed by atoms with van der Waals surface area (Å²) < 4.78 is 0. The highest BCUT2D eigenvalue weighted by Crippen LogP contribution is 2.51. The normalized spacial score (nSPS) is 11.6. The van der Waals surface area contributed by atoms with Gasteiger partial charge in [0.25, 0.3) is 0 Å². The number of nitrogens with one attached hydrogen (secondary N) is 4. The molecule has 0 aliphatic carbocycles. The molecule has 0 saturated carbocycles. The van der Waals surface area contributed by atoms with Crippen LogP contribution in [-0.4, -0.2) is 0 Å². The zero-order valence-electron chi connectivity index (χ0n) is 22.4. The minimum atomic E-state index is 0.976. The van der Waals surface area contributed by atoms with Crippen LogP contribution in [-0.2, 0) is 0 Å². The highest BCUT2D eigenvalue weighted by Gasteiger charge is 2.26. The third-order valence-electron chi connectivity index (χ3n) is 7.07. The Morgan fingerprint density at radius 1 is 0.390 bits per heavy atom. The highest BCUT2D eigenvalue weighted by atomic mass is 15.2. The van der Waals surface area contributed by atoms with E-state index in [4.69, 9.17) is 0 Å². The van der Waals surface area contributed by atoms with Crippen molar-refractivity contribution in [1.29, 1.82) is 0 Å². The summed E-state index contributed by atoms with van der Waals surface area (Å²) in [5, 5.41) is 14.5. The van der Waals surface area contributed by atoms with E-state index in [1.54, 1.807) is 0 Å². The van der Waals surface area contributed by atoms with Crippen molar-refractivity contribution in [3.05, 3.63) is 152 Å². The van der Waals surface area contributed by atoms with E-state index in [1.165, 1.54) is 0 Å². The van der Waals surface area contributed by atoms with Crippen molar-refractivity contribution in [3.8, 4) is 0 Å². The molecule has 0 radical (unpaired) electrons. The first-order valence-electron chi connectivity index (χ1n) is 13.7. The second kappa shape index (κ2) is 10.8. The fourth-order valence-corrected chi connectivity index (χ4v) is 5.15. The minimum absolute atomic E-state index is 0.976. The molecule has 7 rings (SSSR count). The van der Waals surface area contributed by atoms with Gasteiger partial charge in [0.05, 0.1) is 34.1 Å². The Labute approximate surface area is 240 Å². The number of hydrogen-bond donors (Lipinski definition) is 4. The first-order chi connectivity index (χ1) is 20.3. The molecule has 0 saturated heterocycles. The van der Waals surface area contributed by atoms with Crippen LogP contribution in [0.1, 0.15) is 0 Å². The molecule has 1 aliphatic heterocycles. The Hall–Kier alpha value is -5.68. The van der Waals surface area contributed by atoms with E-state index in [1.807, 2.05) is 54.6 Å². The van der Waals surface area contributed by atoms with Gasteiger partial charge in [-0.25, -0.2) is 0 Å². The zero-order valence-corrected chi connectivity index (χ0v) is 22.4. The average molecular weight is 532 g/mol. The SMILES string of the molecule is c1ccc(Nc2ccc3c(c2)N(c2ccccc2)c2cc(Nc4ccccc4)c(Nc4ccccc4)cc2N3)cc1. The van der Waals surface area contributed by atoms with Gasteiger partial charge in [-0.05, 0) is 78.9 Å². The molecule has 4 N–H and O–H groups in total. The number of para-hydroxylation sites is 4. The van der Waals surface area contributed by atoms with Gasteiger partial charge in [0.15, 0.2) is 0 Å². The first-order valence-corrected chi connectivity index (χ1v) is 13.7. The average Bonchev–Trinajstić information content (AvgIpc) is 3.02. The van der Waals surface area contributed by atoms with E-state index in [0.717, 1.165) is 62.6 Å². The lowest BCUT2D eigenvalue weighted by atomic mass is 10.0. The molecule has 41 heavy (non-hydrogen) atoms. The number of anilines is 11. The van der Waals surface area contributed by atoms with Crippen LogP contribution in [0.4, 0.5) is 62.6 Å². The largest absolute Gasteiger partial charge is 0.355 e. The van der Waals surface area contributed by atoms with Crippen molar-refractivity contribution in [3.63, 3.8) is 0 Å². The summed E-state index contributed by atoms with van der Waals surface area (Å²) in [6.07, 6.45) is 0. The van der Waals surface area contributed by atoms with Crippen molar-refractivity contribution in [2.45, 2.75) is 0 Å².